The quantitative estimate of drug-likeness (QED) is 0.379. The predicted octanol–water partition coefficient (Wildman–Crippen LogP) is 4.34. The first-order valence-corrected chi connectivity index (χ1v) is 10.8. The highest BCUT2D eigenvalue weighted by Crippen LogP contribution is 2.57. The Morgan fingerprint density at radius 3 is 2.53 bits per heavy atom. The number of amides is 1. The molecule has 10 heteroatoms. The van der Waals surface area contributed by atoms with Gasteiger partial charge in [0, 0.05) is 35.1 Å². The zero-order chi connectivity index (χ0) is 24.9. The molecule has 1 aromatic heterocycles. The molecule has 0 radical (unpaired) electrons. The molecule has 6 nitrogen and oxygen atoms in total. The molecule has 0 unspecified atom stereocenters. The van der Waals surface area contributed by atoms with Crippen LogP contribution >= 0.6 is 0 Å². The smallest absolute Gasteiger partial charge is 0.396 e. The van der Waals surface area contributed by atoms with Crippen LogP contribution in [0.3, 0.4) is 0 Å². The van der Waals surface area contributed by atoms with Crippen molar-refractivity contribution in [2.24, 2.45) is 5.41 Å². The van der Waals surface area contributed by atoms with Gasteiger partial charge in [0.25, 0.3) is 5.91 Å². The number of carbonyl (C=O) groups is 1. The highest BCUT2D eigenvalue weighted by atomic mass is 19.4. The molecule has 4 rings (SSSR count). The number of hydrogen-bond acceptors (Lipinski definition) is 4. The van der Waals surface area contributed by atoms with Crippen LogP contribution in [0, 0.1) is 11.2 Å². The molecule has 1 amide bonds. The fraction of sp³-hybridized carbons (Fsp3) is 0.417. The van der Waals surface area contributed by atoms with E-state index in [1.165, 1.54) is 24.3 Å². The van der Waals surface area contributed by atoms with Crippen LogP contribution in [-0.2, 0) is 11.8 Å². The summed E-state index contributed by atoms with van der Waals surface area (Å²) in [6, 6.07) is 6.90. The molecular weight excluding hydrogens is 454 g/mol. The number of nitrogens with zero attached hydrogens (tertiary/aromatic N) is 1. The molecule has 0 aliphatic heterocycles. The lowest BCUT2D eigenvalue weighted by Gasteiger charge is -2.24. The molecule has 0 atom stereocenters. The number of H-pyrrole nitrogens is 1. The van der Waals surface area contributed by atoms with E-state index in [1.807, 2.05) is 0 Å². The van der Waals surface area contributed by atoms with E-state index in [0.717, 1.165) is 0 Å². The molecule has 34 heavy (non-hydrogen) atoms. The highest BCUT2D eigenvalue weighted by Gasteiger charge is 2.63. The minimum absolute atomic E-state index is 0.00265. The molecular formula is C24H25F4N3O3. The third kappa shape index (κ3) is 4.46. The average molecular weight is 479 g/mol. The van der Waals surface area contributed by atoms with Crippen molar-refractivity contribution >= 4 is 16.9 Å². The largest absolute Gasteiger partial charge is 0.507 e. The summed E-state index contributed by atoms with van der Waals surface area (Å²) in [4.78, 5) is 19.9. The summed E-state index contributed by atoms with van der Waals surface area (Å²) >= 11 is 0. The van der Waals surface area contributed by atoms with Gasteiger partial charge in [-0.3, -0.25) is 4.79 Å². The van der Waals surface area contributed by atoms with Crippen molar-refractivity contribution in [1.82, 2.24) is 15.3 Å². The van der Waals surface area contributed by atoms with Crippen molar-refractivity contribution in [3.63, 3.8) is 0 Å². The number of aromatic amines is 1. The maximum absolute atomic E-state index is 14.2. The second-order valence-corrected chi connectivity index (χ2v) is 9.56. The summed E-state index contributed by atoms with van der Waals surface area (Å²) in [6.45, 7) is 2.60. The summed E-state index contributed by atoms with van der Waals surface area (Å²) in [7, 11) is 0. The number of aromatic nitrogens is 2. The lowest BCUT2D eigenvalue weighted by molar-refractivity contribution is -0.184. The van der Waals surface area contributed by atoms with Crippen LogP contribution in [0.25, 0.3) is 11.0 Å². The summed E-state index contributed by atoms with van der Waals surface area (Å²) in [5.41, 5.74) is -0.990. The van der Waals surface area contributed by atoms with Gasteiger partial charge in [-0.05, 0) is 43.2 Å². The zero-order valence-electron chi connectivity index (χ0n) is 18.7. The van der Waals surface area contributed by atoms with Crippen LogP contribution in [0.5, 0.6) is 5.75 Å². The number of phenols is 1. The van der Waals surface area contributed by atoms with E-state index < -0.39 is 35.3 Å². The number of halogens is 4. The van der Waals surface area contributed by atoms with Gasteiger partial charge in [0.15, 0.2) is 0 Å². The first-order chi connectivity index (χ1) is 15.8. The fourth-order valence-corrected chi connectivity index (χ4v) is 3.92. The summed E-state index contributed by atoms with van der Waals surface area (Å²) in [5, 5.41) is 22.6. The highest BCUT2D eigenvalue weighted by molar-refractivity contribution is 5.97. The van der Waals surface area contributed by atoms with Gasteiger partial charge in [-0.15, -0.1) is 0 Å². The Morgan fingerprint density at radius 1 is 1.21 bits per heavy atom. The molecule has 1 fully saturated rings. The Labute approximate surface area is 193 Å². The molecule has 1 aliphatic rings. The molecule has 3 aromatic rings. The van der Waals surface area contributed by atoms with Crippen molar-refractivity contribution in [3.8, 4) is 5.75 Å². The van der Waals surface area contributed by atoms with Gasteiger partial charge in [0.05, 0.1) is 23.1 Å². The molecule has 182 valence electrons. The normalized spacial score (nSPS) is 15.5. The van der Waals surface area contributed by atoms with E-state index in [9.17, 15) is 32.6 Å². The molecule has 1 aliphatic carbocycles. The second kappa shape index (κ2) is 8.26. The number of aliphatic hydroxyl groups is 1. The summed E-state index contributed by atoms with van der Waals surface area (Å²) in [6.07, 6.45) is -4.29. The van der Waals surface area contributed by atoms with Crippen molar-refractivity contribution in [2.45, 2.75) is 44.7 Å². The maximum Gasteiger partial charge on any atom is 0.396 e. The van der Waals surface area contributed by atoms with Crippen LogP contribution in [-0.4, -0.2) is 45.4 Å². The number of benzene rings is 2. The van der Waals surface area contributed by atoms with Crippen molar-refractivity contribution in [1.29, 1.82) is 0 Å². The third-order valence-corrected chi connectivity index (χ3v) is 6.47. The third-order valence-electron chi connectivity index (χ3n) is 6.47. The lowest BCUT2D eigenvalue weighted by atomic mass is 9.83. The number of aliphatic hydroxyl groups excluding tert-OH is 1. The van der Waals surface area contributed by atoms with Gasteiger partial charge in [-0.1, -0.05) is 13.8 Å². The van der Waals surface area contributed by atoms with Gasteiger partial charge >= 0.3 is 6.18 Å². The van der Waals surface area contributed by atoms with Gasteiger partial charge < -0.3 is 20.5 Å². The minimum atomic E-state index is -4.35. The Hall–Kier alpha value is -3.14. The number of rotatable bonds is 7. The van der Waals surface area contributed by atoms with Gasteiger partial charge in [-0.25, -0.2) is 9.37 Å². The molecule has 1 saturated carbocycles. The van der Waals surface area contributed by atoms with Crippen molar-refractivity contribution in [2.75, 3.05) is 13.2 Å². The minimum Gasteiger partial charge on any atom is -0.507 e. The predicted molar refractivity (Wildman–Crippen MR) is 117 cm³/mol. The SMILES string of the molecule is CC(C)(CO)c1cc(F)cc(Cc2nc3cc(C(=O)NCC4(C(F)(F)F)CC4)ccc3[nH]2)c1O. The number of hydrogen-bond donors (Lipinski definition) is 4. The van der Waals surface area contributed by atoms with Gasteiger partial charge in [0.1, 0.15) is 17.4 Å². The second-order valence-electron chi connectivity index (χ2n) is 9.56. The number of fused-ring (bicyclic) bond motifs is 1. The number of nitrogens with one attached hydrogen (secondary N) is 2. The molecule has 0 bridgehead atoms. The van der Waals surface area contributed by atoms with Crippen LogP contribution < -0.4 is 5.32 Å². The maximum atomic E-state index is 14.2. The topological polar surface area (TPSA) is 98.2 Å². The van der Waals surface area contributed by atoms with E-state index in [-0.39, 0.29) is 48.3 Å². The van der Waals surface area contributed by atoms with Crippen molar-refractivity contribution < 1.29 is 32.6 Å². The van der Waals surface area contributed by atoms with Crippen LogP contribution in [0.2, 0.25) is 0 Å². The van der Waals surface area contributed by atoms with Crippen LogP contribution in [0.1, 0.15) is 54.0 Å². The first kappa shape index (κ1) is 24.0. The summed E-state index contributed by atoms with van der Waals surface area (Å²) in [5.74, 6) is -0.929. The Morgan fingerprint density at radius 2 is 1.91 bits per heavy atom. The Balaban J connectivity index is 1.54. The number of imidazole rings is 1. The molecule has 1 heterocycles. The number of carbonyl (C=O) groups excluding carboxylic acids is 1. The monoisotopic (exact) mass is 479 g/mol. The molecule has 2 aromatic carbocycles. The molecule has 0 spiro atoms. The number of alkyl halides is 3. The Kier molecular flexibility index (Phi) is 5.83. The van der Waals surface area contributed by atoms with E-state index in [4.69, 9.17) is 0 Å². The van der Waals surface area contributed by atoms with Gasteiger partial charge in [0.2, 0.25) is 0 Å². The first-order valence-electron chi connectivity index (χ1n) is 10.8. The number of phenolic OH excluding ortho intramolecular Hbond substituents is 1. The van der Waals surface area contributed by atoms with Crippen LogP contribution in [0.4, 0.5) is 17.6 Å². The average Bonchev–Trinajstić information content (AvgIpc) is 3.47. The van der Waals surface area contributed by atoms with Crippen molar-refractivity contribution in [3.05, 3.63) is 58.7 Å². The molecule has 4 N–H and O–H groups in total. The zero-order valence-corrected chi connectivity index (χ0v) is 18.7. The van der Waals surface area contributed by atoms with E-state index >= 15 is 0 Å². The standard InChI is InChI=1S/C24H25F4N3O3/c1-22(2,12-32)16-10-15(25)7-14(20(16)33)9-19-30-17-4-3-13(8-18(17)31-19)21(34)29-11-23(5-6-23)24(26,27)28/h3-4,7-8,10,32-33H,5-6,9,11-12H2,1-2H3,(H,29,34)(H,30,31). The summed E-state index contributed by atoms with van der Waals surface area (Å²) < 4.78 is 53.5. The fourth-order valence-electron chi connectivity index (χ4n) is 3.92. The van der Waals surface area contributed by atoms with Gasteiger partial charge in [-0.2, -0.15) is 13.2 Å². The van der Waals surface area contributed by atoms with E-state index in [1.54, 1.807) is 19.9 Å². The van der Waals surface area contributed by atoms with E-state index in [2.05, 4.69) is 15.3 Å². The number of aromatic hydroxyl groups is 1. The Bertz CT molecular complexity index is 1250. The lowest BCUT2D eigenvalue weighted by Crippen LogP contribution is -2.38. The van der Waals surface area contributed by atoms with E-state index in [0.29, 0.717) is 16.9 Å². The van der Waals surface area contributed by atoms with Crippen LogP contribution in [0.15, 0.2) is 30.3 Å². The molecule has 0 saturated heterocycles.